The molecule has 27 heavy (non-hydrogen) atoms. The molecular weight excluding hydrogens is 457 g/mol. The highest BCUT2D eigenvalue weighted by Gasteiger charge is 2.27. The van der Waals surface area contributed by atoms with Crippen LogP contribution in [0.4, 0.5) is 5.82 Å². The first-order valence-corrected chi connectivity index (χ1v) is 9.06. The van der Waals surface area contributed by atoms with Crippen molar-refractivity contribution in [2.75, 3.05) is 44.2 Å². The van der Waals surface area contributed by atoms with E-state index in [9.17, 15) is 5.11 Å². The van der Waals surface area contributed by atoms with Gasteiger partial charge in [-0.3, -0.25) is 0 Å². The molecule has 2 N–H and O–H groups in total. The van der Waals surface area contributed by atoms with Crippen LogP contribution in [0.1, 0.15) is 19.6 Å². The second-order valence-corrected chi connectivity index (χ2v) is 6.58. The largest absolute Gasteiger partial charge is 0.466 e. The number of aliphatic imine (C=N–C) groups is 1. The van der Waals surface area contributed by atoms with Crippen molar-refractivity contribution < 1.29 is 9.52 Å². The third kappa shape index (κ3) is 5.58. The fourth-order valence-electron chi connectivity index (χ4n) is 3.01. The van der Waals surface area contributed by atoms with Crippen LogP contribution < -0.4 is 10.2 Å². The Bertz CT molecular complexity index is 698. The van der Waals surface area contributed by atoms with Gasteiger partial charge in [0.1, 0.15) is 17.2 Å². The van der Waals surface area contributed by atoms with Crippen LogP contribution in [0.2, 0.25) is 0 Å². The first kappa shape index (κ1) is 21.5. The predicted octanol–water partition coefficient (Wildman–Crippen LogP) is 2.29. The smallest absolute Gasteiger partial charge is 0.194 e. The number of hydrogen-bond acceptors (Lipinski definition) is 5. The van der Waals surface area contributed by atoms with Crippen molar-refractivity contribution in [2.24, 2.45) is 4.99 Å². The molecule has 8 heteroatoms. The molecule has 0 bridgehead atoms. The van der Waals surface area contributed by atoms with E-state index in [0.717, 1.165) is 44.5 Å². The zero-order valence-corrected chi connectivity index (χ0v) is 18.2. The maximum Gasteiger partial charge on any atom is 0.194 e. The number of furan rings is 1. The molecule has 3 rings (SSSR count). The topological polar surface area (TPSA) is 77.1 Å². The Hall–Kier alpha value is -1.81. The molecule has 1 atom stereocenters. The molecule has 3 heterocycles. The standard InChI is InChI=1S/C19H27N5O2.HI/c1-3-20-18(22-15-19(2,25)16-7-6-14-26-16)24-12-10-23(11-13-24)17-8-4-5-9-21-17;/h4-9,14,25H,3,10-13,15H2,1-2H3,(H,20,22);1H. The van der Waals surface area contributed by atoms with Crippen molar-refractivity contribution >= 4 is 35.8 Å². The number of aromatic nitrogens is 1. The molecule has 1 aliphatic rings. The molecule has 0 aliphatic carbocycles. The molecule has 1 fully saturated rings. The Kier molecular flexibility index (Phi) is 7.91. The molecule has 0 spiro atoms. The SMILES string of the molecule is CCNC(=NCC(C)(O)c1ccco1)N1CCN(c2ccccn2)CC1.I. The van der Waals surface area contributed by atoms with E-state index in [1.165, 1.54) is 0 Å². The van der Waals surface area contributed by atoms with Gasteiger partial charge >= 0.3 is 0 Å². The first-order chi connectivity index (χ1) is 12.6. The van der Waals surface area contributed by atoms with Crippen LogP contribution in [-0.2, 0) is 5.60 Å². The Labute approximate surface area is 177 Å². The molecule has 0 saturated carbocycles. The number of anilines is 1. The Morgan fingerprint density at radius 2 is 2.04 bits per heavy atom. The fourth-order valence-corrected chi connectivity index (χ4v) is 3.01. The van der Waals surface area contributed by atoms with Crippen molar-refractivity contribution in [3.05, 3.63) is 48.6 Å². The van der Waals surface area contributed by atoms with Gasteiger partial charge < -0.3 is 24.6 Å². The lowest BCUT2D eigenvalue weighted by atomic mass is 10.0. The summed E-state index contributed by atoms with van der Waals surface area (Å²) >= 11 is 0. The van der Waals surface area contributed by atoms with Crippen LogP contribution >= 0.6 is 24.0 Å². The predicted molar refractivity (Wildman–Crippen MR) is 118 cm³/mol. The highest BCUT2D eigenvalue weighted by Crippen LogP contribution is 2.21. The molecule has 1 unspecified atom stereocenters. The Morgan fingerprint density at radius 3 is 2.63 bits per heavy atom. The van der Waals surface area contributed by atoms with Crippen molar-refractivity contribution in [3.8, 4) is 0 Å². The van der Waals surface area contributed by atoms with Gasteiger partial charge in [0.25, 0.3) is 0 Å². The van der Waals surface area contributed by atoms with Gasteiger partial charge in [0.05, 0.1) is 12.8 Å². The van der Waals surface area contributed by atoms with E-state index in [1.54, 1.807) is 25.3 Å². The number of hydrogen-bond donors (Lipinski definition) is 2. The first-order valence-electron chi connectivity index (χ1n) is 9.06. The fraction of sp³-hybridized carbons (Fsp3) is 0.474. The van der Waals surface area contributed by atoms with Gasteiger partial charge in [0.15, 0.2) is 5.96 Å². The van der Waals surface area contributed by atoms with E-state index in [4.69, 9.17) is 4.42 Å². The number of rotatable bonds is 5. The van der Waals surface area contributed by atoms with Gasteiger partial charge in [0, 0.05) is 38.9 Å². The highest BCUT2D eigenvalue weighted by atomic mass is 127. The number of nitrogens with zero attached hydrogens (tertiary/aromatic N) is 4. The van der Waals surface area contributed by atoms with E-state index >= 15 is 0 Å². The molecule has 0 radical (unpaired) electrons. The van der Waals surface area contributed by atoms with E-state index < -0.39 is 5.60 Å². The minimum Gasteiger partial charge on any atom is -0.466 e. The van der Waals surface area contributed by atoms with Crippen LogP contribution in [0.3, 0.4) is 0 Å². The summed E-state index contributed by atoms with van der Waals surface area (Å²) in [5.41, 5.74) is -1.13. The Balaban J connectivity index is 0.00000261. The molecule has 1 aliphatic heterocycles. The van der Waals surface area contributed by atoms with Crippen molar-refractivity contribution in [3.63, 3.8) is 0 Å². The van der Waals surface area contributed by atoms with Crippen LogP contribution in [0, 0.1) is 0 Å². The summed E-state index contributed by atoms with van der Waals surface area (Å²) < 4.78 is 5.33. The average Bonchev–Trinajstić information content (AvgIpc) is 3.22. The van der Waals surface area contributed by atoms with Crippen LogP contribution in [0.15, 0.2) is 52.2 Å². The molecule has 1 saturated heterocycles. The number of aliphatic hydroxyl groups is 1. The summed E-state index contributed by atoms with van der Waals surface area (Å²) in [4.78, 5) is 13.6. The monoisotopic (exact) mass is 485 g/mol. The van der Waals surface area contributed by atoms with Crippen LogP contribution in [0.25, 0.3) is 0 Å². The van der Waals surface area contributed by atoms with E-state index in [0.29, 0.717) is 5.76 Å². The van der Waals surface area contributed by atoms with Crippen molar-refractivity contribution in [2.45, 2.75) is 19.4 Å². The van der Waals surface area contributed by atoms with E-state index in [1.807, 2.05) is 31.3 Å². The zero-order valence-electron chi connectivity index (χ0n) is 15.8. The number of piperazine rings is 1. The quantitative estimate of drug-likeness (QED) is 0.385. The van der Waals surface area contributed by atoms with Gasteiger partial charge in [-0.15, -0.1) is 24.0 Å². The van der Waals surface area contributed by atoms with Crippen molar-refractivity contribution in [1.82, 2.24) is 15.2 Å². The maximum atomic E-state index is 10.6. The third-order valence-electron chi connectivity index (χ3n) is 4.48. The molecular formula is C19H28IN5O2. The molecule has 148 valence electrons. The molecule has 0 amide bonds. The van der Waals surface area contributed by atoms with E-state index in [-0.39, 0.29) is 30.5 Å². The number of pyridine rings is 1. The summed E-state index contributed by atoms with van der Waals surface area (Å²) in [6, 6.07) is 9.52. The summed E-state index contributed by atoms with van der Waals surface area (Å²) in [5.74, 6) is 2.35. The second kappa shape index (κ2) is 9.93. The normalized spacial score (nSPS) is 17.2. The minimum atomic E-state index is -1.13. The summed E-state index contributed by atoms with van der Waals surface area (Å²) in [6.45, 7) is 8.26. The molecule has 2 aromatic heterocycles. The lowest BCUT2D eigenvalue weighted by molar-refractivity contribution is 0.0434. The number of guanidine groups is 1. The average molecular weight is 485 g/mol. The third-order valence-corrected chi connectivity index (χ3v) is 4.48. The van der Waals surface area contributed by atoms with Gasteiger partial charge in [-0.05, 0) is 38.1 Å². The molecule has 2 aromatic rings. The Morgan fingerprint density at radius 1 is 1.26 bits per heavy atom. The summed E-state index contributed by atoms with van der Waals surface area (Å²) in [6.07, 6.45) is 3.39. The van der Waals surface area contributed by atoms with Crippen LogP contribution in [0.5, 0.6) is 0 Å². The maximum absolute atomic E-state index is 10.6. The number of halogens is 1. The highest BCUT2D eigenvalue weighted by molar-refractivity contribution is 14.0. The van der Waals surface area contributed by atoms with Crippen molar-refractivity contribution in [1.29, 1.82) is 0 Å². The van der Waals surface area contributed by atoms with Gasteiger partial charge in [-0.25, -0.2) is 9.98 Å². The van der Waals surface area contributed by atoms with Crippen LogP contribution in [-0.4, -0.2) is 60.2 Å². The summed E-state index contributed by atoms with van der Waals surface area (Å²) in [5, 5.41) is 13.9. The van der Waals surface area contributed by atoms with Gasteiger partial charge in [-0.1, -0.05) is 6.07 Å². The number of nitrogens with one attached hydrogen (secondary N) is 1. The minimum absolute atomic E-state index is 0. The zero-order chi connectivity index (χ0) is 18.4. The lowest BCUT2D eigenvalue weighted by Crippen LogP contribution is -2.53. The molecule has 0 aromatic carbocycles. The molecule has 7 nitrogen and oxygen atoms in total. The van der Waals surface area contributed by atoms with Gasteiger partial charge in [0.2, 0.25) is 0 Å². The summed E-state index contributed by atoms with van der Waals surface area (Å²) in [7, 11) is 0. The second-order valence-electron chi connectivity index (χ2n) is 6.58. The van der Waals surface area contributed by atoms with Gasteiger partial charge in [-0.2, -0.15) is 0 Å². The van der Waals surface area contributed by atoms with E-state index in [2.05, 4.69) is 25.1 Å². The lowest BCUT2D eigenvalue weighted by Gasteiger charge is -2.37.